The van der Waals surface area contributed by atoms with Gasteiger partial charge in [-0.25, -0.2) is 8.42 Å². The lowest BCUT2D eigenvalue weighted by Crippen LogP contribution is -3.12. The lowest BCUT2D eigenvalue weighted by molar-refractivity contribution is -0.921. The van der Waals surface area contributed by atoms with Gasteiger partial charge < -0.3 is 14.2 Å². The SMILES string of the molecule is N#Cc1ccccc1S(=O)(=O)N1C[C@@H]2C[C@H](C1)c1ccc(-c3ccccc3C[NH+]3CCOCC3)c(=O)n1C2. The molecule has 2 aromatic carbocycles. The molecule has 2 fully saturated rings. The first-order chi connectivity index (χ1) is 18.5. The van der Waals surface area contributed by atoms with Gasteiger partial charge >= 0.3 is 0 Å². The number of hydrogen-bond donors (Lipinski definition) is 1. The second kappa shape index (κ2) is 10.1. The molecule has 3 aliphatic heterocycles. The molecule has 2 saturated heterocycles. The molecule has 1 aromatic heterocycles. The number of quaternary nitrogens is 1. The van der Waals surface area contributed by atoms with E-state index in [1.165, 1.54) is 21.3 Å². The Balaban J connectivity index is 1.31. The molecule has 6 rings (SSSR count). The molecule has 8 nitrogen and oxygen atoms in total. The van der Waals surface area contributed by atoms with Crippen molar-refractivity contribution in [3.05, 3.63) is 87.8 Å². The second-order valence-electron chi connectivity index (χ2n) is 10.5. The van der Waals surface area contributed by atoms with Gasteiger partial charge in [-0.2, -0.15) is 9.57 Å². The van der Waals surface area contributed by atoms with Crippen LogP contribution in [-0.2, 0) is 27.8 Å². The Hall–Kier alpha value is -3.29. The summed E-state index contributed by atoms with van der Waals surface area (Å²) in [6.45, 7) is 5.41. The molecule has 3 aliphatic rings. The topological polar surface area (TPSA) is 96.8 Å². The highest BCUT2D eigenvalue weighted by Gasteiger charge is 2.40. The Morgan fingerprint density at radius 2 is 1.71 bits per heavy atom. The highest BCUT2D eigenvalue weighted by molar-refractivity contribution is 7.89. The normalized spacial score (nSPS) is 22.0. The van der Waals surface area contributed by atoms with Gasteiger partial charge in [0.05, 0.1) is 23.7 Å². The number of piperidine rings is 1. The molecular formula is C29H31N4O4S+. The summed E-state index contributed by atoms with van der Waals surface area (Å²) in [5, 5.41) is 9.46. The summed E-state index contributed by atoms with van der Waals surface area (Å²) in [4.78, 5) is 15.3. The van der Waals surface area contributed by atoms with Crippen LogP contribution in [-0.4, -0.2) is 56.7 Å². The predicted molar refractivity (Wildman–Crippen MR) is 142 cm³/mol. The van der Waals surface area contributed by atoms with Gasteiger partial charge in [0.2, 0.25) is 10.0 Å². The maximum absolute atomic E-state index is 13.8. The van der Waals surface area contributed by atoms with Crippen LogP contribution in [0.2, 0.25) is 0 Å². The summed E-state index contributed by atoms with van der Waals surface area (Å²) in [6.07, 6.45) is 0.849. The van der Waals surface area contributed by atoms with E-state index in [9.17, 15) is 18.5 Å². The molecule has 1 N–H and O–H groups in total. The van der Waals surface area contributed by atoms with E-state index in [0.29, 0.717) is 25.2 Å². The summed E-state index contributed by atoms with van der Waals surface area (Å²) in [6, 6.07) is 20.4. The number of hydrogen-bond acceptors (Lipinski definition) is 5. The second-order valence-corrected chi connectivity index (χ2v) is 12.4. The summed E-state index contributed by atoms with van der Waals surface area (Å²) >= 11 is 0. The van der Waals surface area contributed by atoms with Gasteiger partial charge in [0, 0.05) is 42.4 Å². The monoisotopic (exact) mass is 531 g/mol. The Bertz CT molecular complexity index is 1570. The zero-order chi connectivity index (χ0) is 26.3. The highest BCUT2D eigenvalue weighted by atomic mass is 32.2. The first-order valence-corrected chi connectivity index (χ1v) is 14.6. The van der Waals surface area contributed by atoms with Crippen molar-refractivity contribution in [3.8, 4) is 17.2 Å². The van der Waals surface area contributed by atoms with E-state index >= 15 is 0 Å². The van der Waals surface area contributed by atoms with Crippen LogP contribution in [0, 0.1) is 17.2 Å². The number of aromatic nitrogens is 1. The Kier molecular flexibility index (Phi) is 6.66. The number of fused-ring (bicyclic) bond motifs is 4. The van der Waals surface area contributed by atoms with Gasteiger partial charge in [-0.05, 0) is 42.2 Å². The van der Waals surface area contributed by atoms with Crippen molar-refractivity contribution < 1.29 is 18.1 Å². The number of benzene rings is 2. The summed E-state index contributed by atoms with van der Waals surface area (Å²) < 4.78 is 35.9. The quantitative estimate of drug-likeness (QED) is 0.540. The third kappa shape index (κ3) is 4.48. The lowest BCUT2D eigenvalue weighted by Gasteiger charge is -2.42. The molecule has 2 bridgehead atoms. The van der Waals surface area contributed by atoms with Crippen molar-refractivity contribution >= 4 is 10.0 Å². The van der Waals surface area contributed by atoms with Crippen LogP contribution in [0.15, 0.2) is 70.4 Å². The van der Waals surface area contributed by atoms with Crippen molar-refractivity contribution in [2.45, 2.75) is 30.3 Å². The minimum atomic E-state index is -3.82. The zero-order valence-corrected chi connectivity index (χ0v) is 22.0. The standard InChI is InChI=1S/C29H30N4O4S/c30-16-22-5-2-4-8-28(22)38(35,36)32-17-21-15-24(20-32)27-10-9-26(29(34)33(27)18-21)25-7-3-1-6-23(25)19-31-11-13-37-14-12-31/h1-10,21,24H,11-15,17-20H2/p+1/t21-,24+/m0/s1. The highest BCUT2D eigenvalue weighted by Crippen LogP contribution is 2.38. The first-order valence-electron chi connectivity index (χ1n) is 13.2. The van der Waals surface area contributed by atoms with Crippen molar-refractivity contribution in [2.24, 2.45) is 5.92 Å². The van der Waals surface area contributed by atoms with Crippen molar-refractivity contribution in [1.29, 1.82) is 5.26 Å². The van der Waals surface area contributed by atoms with Crippen LogP contribution in [0.4, 0.5) is 0 Å². The Labute approximate surface area is 222 Å². The van der Waals surface area contributed by atoms with Gasteiger partial charge in [-0.15, -0.1) is 0 Å². The zero-order valence-electron chi connectivity index (χ0n) is 21.2. The van der Waals surface area contributed by atoms with E-state index in [-0.39, 0.29) is 27.9 Å². The average molecular weight is 532 g/mol. The summed E-state index contributed by atoms with van der Waals surface area (Å²) in [5.74, 6) is -0.0347. The van der Waals surface area contributed by atoms with E-state index in [0.717, 1.165) is 56.1 Å². The fraction of sp³-hybridized carbons (Fsp3) is 0.379. The molecule has 196 valence electrons. The number of sulfonamides is 1. The predicted octanol–water partition coefficient (Wildman–Crippen LogP) is 1.61. The molecule has 0 spiro atoms. The van der Waals surface area contributed by atoms with E-state index in [2.05, 4.69) is 6.07 Å². The number of nitrogens with one attached hydrogen (secondary N) is 1. The average Bonchev–Trinajstić information content (AvgIpc) is 2.94. The Morgan fingerprint density at radius 1 is 0.947 bits per heavy atom. The van der Waals surface area contributed by atoms with Crippen LogP contribution in [0.25, 0.3) is 11.1 Å². The number of nitriles is 1. The van der Waals surface area contributed by atoms with E-state index in [4.69, 9.17) is 4.74 Å². The van der Waals surface area contributed by atoms with Gasteiger partial charge in [0.15, 0.2) is 0 Å². The molecule has 0 aliphatic carbocycles. The fourth-order valence-electron chi connectivity index (χ4n) is 6.27. The van der Waals surface area contributed by atoms with E-state index in [1.54, 1.807) is 12.1 Å². The molecule has 4 heterocycles. The fourth-order valence-corrected chi connectivity index (χ4v) is 7.97. The van der Waals surface area contributed by atoms with Gasteiger partial charge in [0.1, 0.15) is 25.7 Å². The molecule has 0 saturated carbocycles. The van der Waals surface area contributed by atoms with E-state index in [1.807, 2.05) is 41.0 Å². The third-order valence-corrected chi connectivity index (χ3v) is 10.0. The van der Waals surface area contributed by atoms with Crippen LogP contribution in [0.5, 0.6) is 0 Å². The van der Waals surface area contributed by atoms with Gasteiger partial charge in [-0.3, -0.25) is 4.79 Å². The number of ether oxygens (including phenoxy) is 1. The third-order valence-electron chi connectivity index (χ3n) is 8.14. The van der Waals surface area contributed by atoms with Crippen LogP contribution in [0.3, 0.4) is 0 Å². The smallest absolute Gasteiger partial charge is 0.258 e. The lowest BCUT2D eigenvalue weighted by atomic mass is 9.83. The molecular weight excluding hydrogens is 500 g/mol. The molecule has 9 heteroatoms. The number of pyridine rings is 1. The summed E-state index contributed by atoms with van der Waals surface area (Å²) in [5.41, 5.74) is 3.87. The number of morpholine rings is 1. The minimum absolute atomic E-state index is 0.00670. The van der Waals surface area contributed by atoms with Crippen LogP contribution >= 0.6 is 0 Å². The summed E-state index contributed by atoms with van der Waals surface area (Å²) in [7, 11) is -3.82. The maximum atomic E-state index is 13.8. The molecule has 2 atom stereocenters. The number of nitrogens with zero attached hydrogens (tertiary/aromatic N) is 3. The molecule has 0 radical (unpaired) electrons. The largest absolute Gasteiger partial charge is 0.370 e. The van der Waals surface area contributed by atoms with Crippen molar-refractivity contribution in [2.75, 3.05) is 39.4 Å². The number of rotatable bonds is 5. The minimum Gasteiger partial charge on any atom is -0.370 e. The maximum Gasteiger partial charge on any atom is 0.258 e. The molecule has 38 heavy (non-hydrogen) atoms. The molecule has 0 unspecified atom stereocenters. The van der Waals surface area contributed by atoms with Crippen molar-refractivity contribution in [1.82, 2.24) is 8.87 Å². The van der Waals surface area contributed by atoms with E-state index < -0.39 is 10.0 Å². The van der Waals surface area contributed by atoms with Gasteiger partial charge in [-0.1, -0.05) is 36.4 Å². The molecule has 3 aromatic rings. The Morgan fingerprint density at radius 3 is 2.53 bits per heavy atom. The van der Waals surface area contributed by atoms with Gasteiger partial charge in [0.25, 0.3) is 5.56 Å². The van der Waals surface area contributed by atoms with Crippen LogP contribution < -0.4 is 10.5 Å². The molecule has 0 amide bonds. The van der Waals surface area contributed by atoms with Crippen LogP contribution in [0.1, 0.15) is 29.2 Å². The first kappa shape index (κ1) is 25.0. The van der Waals surface area contributed by atoms with Crippen molar-refractivity contribution in [3.63, 3.8) is 0 Å².